The minimum atomic E-state index is -0.727. The van der Waals surface area contributed by atoms with Gasteiger partial charge in [0, 0.05) is 4.43 Å². The average Bonchev–Trinajstić information content (AvgIpc) is 1.66. The van der Waals surface area contributed by atoms with Crippen LogP contribution >= 0.6 is 22.6 Å². The second-order valence-corrected chi connectivity index (χ2v) is 2.07. The van der Waals surface area contributed by atoms with Gasteiger partial charge in [-0.3, -0.25) is 0 Å². The lowest BCUT2D eigenvalue weighted by molar-refractivity contribution is 0.255. The first-order valence-corrected chi connectivity index (χ1v) is 3.53. The summed E-state index contributed by atoms with van der Waals surface area (Å²) in [5.74, 6) is 0. The molecule has 0 aliphatic carbocycles. The molecule has 0 saturated carbocycles. The van der Waals surface area contributed by atoms with E-state index in [1.54, 1.807) is 0 Å². The maximum atomic E-state index is 9.83. The van der Waals surface area contributed by atoms with Crippen molar-refractivity contribution in [3.8, 4) is 0 Å². The van der Waals surface area contributed by atoms with Crippen LogP contribution in [0.1, 0.15) is 0 Å². The number of hydrogen-bond donors (Lipinski definition) is 1. The Morgan fingerprint density at radius 3 is 2.75 bits per heavy atom. The van der Waals surface area contributed by atoms with Gasteiger partial charge in [0.1, 0.15) is 0 Å². The van der Waals surface area contributed by atoms with Gasteiger partial charge in [-0.1, -0.05) is 27.7 Å². The van der Waals surface area contributed by atoms with Crippen molar-refractivity contribution < 1.29 is 4.79 Å². The van der Waals surface area contributed by atoms with Crippen molar-refractivity contribution in [1.29, 1.82) is 0 Å². The van der Waals surface area contributed by atoms with E-state index in [0.29, 0.717) is 6.54 Å². The fourth-order valence-electron chi connectivity index (χ4n) is 0.157. The molecule has 0 rings (SSSR count). The summed E-state index contributed by atoms with van der Waals surface area (Å²) in [5, 5.41) is 6.51. The normalized spacial score (nSPS) is 10.1. The SMILES string of the molecule is NC(=O)/N=N\CCI. The molecular formula is C3H6IN3O. The predicted molar refractivity (Wildman–Crippen MR) is 38.2 cm³/mol. The van der Waals surface area contributed by atoms with Crippen LogP contribution in [0.15, 0.2) is 10.2 Å². The van der Waals surface area contributed by atoms with Crippen molar-refractivity contribution in [2.75, 3.05) is 11.0 Å². The Morgan fingerprint density at radius 2 is 2.38 bits per heavy atom. The number of carbonyl (C=O) groups excluding carboxylic acids is 1. The number of urea groups is 1. The molecule has 4 nitrogen and oxygen atoms in total. The Morgan fingerprint density at radius 1 is 1.75 bits per heavy atom. The van der Waals surface area contributed by atoms with Gasteiger partial charge in [0.15, 0.2) is 0 Å². The van der Waals surface area contributed by atoms with E-state index in [1.807, 2.05) is 0 Å². The Bertz CT molecular complexity index is 103. The summed E-state index contributed by atoms with van der Waals surface area (Å²) in [7, 11) is 0. The summed E-state index contributed by atoms with van der Waals surface area (Å²) >= 11 is 2.13. The Kier molecular flexibility index (Phi) is 4.82. The van der Waals surface area contributed by atoms with Gasteiger partial charge in [0.05, 0.1) is 6.54 Å². The molecule has 0 atom stereocenters. The van der Waals surface area contributed by atoms with Gasteiger partial charge in [-0.2, -0.15) is 5.11 Å². The highest BCUT2D eigenvalue weighted by atomic mass is 127. The summed E-state index contributed by atoms with van der Waals surface area (Å²) in [6.07, 6.45) is 0. The predicted octanol–water partition coefficient (Wildman–Crippen LogP) is 0.952. The molecule has 0 aromatic carbocycles. The summed E-state index contributed by atoms with van der Waals surface area (Å²) < 4.78 is 0.856. The molecule has 0 bridgehead atoms. The molecule has 0 aliphatic heterocycles. The number of nitrogens with two attached hydrogens (primary N) is 1. The van der Waals surface area contributed by atoms with Gasteiger partial charge in [0.25, 0.3) is 0 Å². The standard InChI is InChI=1S/C3H6IN3O/c4-1-2-6-7-3(5)8/h1-2H2,(H2,5,8)/b7-6-. The zero-order valence-electron chi connectivity index (χ0n) is 4.17. The molecule has 2 N–H and O–H groups in total. The lowest BCUT2D eigenvalue weighted by Crippen LogP contribution is -2.02. The van der Waals surface area contributed by atoms with E-state index in [0.717, 1.165) is 4.43 Å². The summed E-state index contributed by atoms with van der Waals surface area (Å²) in [6, 6.07) is -0.727. The van der Waals surface area contributed by atoms with Crippen molar-refractivity contribution in [3.63, 3.8) is 0 Å². The molecule has 0 saturated heterocycles. The fourth-order valence-corrected chi connectivity index (χ4v) is 0.373. The van der Waals surface area contributed by atoms with E-state index in [1.165, 1.54) is 0 Å². The van der Waals surface area contributed by atoms with Crippen LogP contribution in [0.3, 0.4) is 0 Å². The second-order valence-electron chi connectivity index (χ2n) is 0.992. The third kappa shape index (κ3) is 5.80. The molecule has 8 heavy (non-hydrogen) atoms. The molecule has 0 aromatic heterocycles. The minimum absolute atomic E-state index is 0.559. The van der Waals surface area contributed by atoms with Crippen LogP contribution < -0.4 is 5.73 Å². The van der Waals surface area contributed by atoms with Crippen molar-refractivity contribution in [3.05, 3.63) is 0 Å². The Balaban J connectivity index is 3.20. The first-order chi connectivity index (χ1) is 3.77. The average molecular weight is 227 g/mol. The van der Waals surface area contributed by atoms with E-state index in [4.69, 9.17) is 0 Å². The Labute approximate surface area is 60.7 Å². The molecule has 0 unspecified atom stereocenters. The summed E-state index contributed by atoms with van der Waals surface area (Å²) in [6.45, 7) is 0.559. The molecule has 0 fully saturated rings. The van der Waals surface area contributed by atoms with E-state index >= 15 is 0 Å². The first kappa shape index (κ1) is 7.80. The lowest BCUT2D eigenvalue weighted by Gasteiger charge is -1.78. The highest BCUT2D eigenvalue weighted by Gasteiger charge is 1.81. The second kappa shape index (κ2) is 4.95. The molecule has 5 heteroatoms. The van der Waals surface area contributed by atoms with Crippen molar-refractivity contribution in [1.82, 2.24) is 0 Å². The smallest absolute Gasteiger partial charge is 0.348 e. The number of primary amides is 1. The van der Waals surface area contributed by atoms with Gasteiger partial charge in [-0.05, 0) is 0 Å². The molecule has 0 heterocycles. The first-order valence-electron chi connectivity index (χ1n) is 2.00. The van der Waals surface area contributed by atoms with Gasteiger partial charge >= 0.3 is 6.03 Å². The fraction of sp³-hybridized carbons (Fsp3) is 0.667. The highest BCUT2D eigenvalue weighted by Crippen LogP contribution is 1.81. The molecule has 0 spiro atoms. The molecule has 0 radical (unpaired) electrons. The number of rotatable bonds is 2. The molecule has 0 aromatic rings. The number of halogens is 1. The quantitative estimate of drug-likeness (QED) is 0.426. The van der Waals surface area contributed by atoms with Gasteiger partial charge < -0.3 is 5.73 Å². The van der Waals surface area contributed by atoms with Crippen molar-refractivity contribution >= 4 is 28.6 Å². The van der Waals surface area contributed by atoms with Crippen LogP contribution in [0, 0.1) is 0 Å². The number of alkyl halides is 1. The van der Waals surface area contributed by atoms with Gasteiger partial charge in [0.2, 0.25) is 0 Å². The number of azo groups is 1. The monoisotopic (exact) mass is 227 g/mol. The third-order valence-corrected chi connectivity index (χ3v) is 0.836. The third-order valence-electron chi connectivity index (χ3n) is 0.354. The van der Waals surface area contributed by atoms with Crippen molar-refractivity contribution in [2.45, 2.75) is 0 Å². The van der Waals surface area contributed by atoms with Crippen LogP contribution in [-0.4, -0.2) is 17.0 Å². The summed E-state index contributed by atoms with van der Waals surface area (Å²) in [4.78, 5) is 9.83. The van der Waals surface area contributed by atoms with Crippen LogP contribution in [0.4, 0.5) is 4.79 Å². The molecule has 2 amide bonds. The number of carbonyl (C=O) groups is 1. The van der Waals surface area contributed by atoms with Crippen molar-refractivity contribution in [2.24, 2.45) is 16.0 Å². The molecular weight excluding hydrogens is 221 g/mol. The van der Waals surface area contributed by atoms with Crippen LogP contribution in [0.5, 0.6) is 0 Å². The van der Waals surface area contributed by atoms with E-state index < -0.39 is 6.03 Å². The topological polar surface area (TPSA) is 67.8 Å². The molecule has 0 aliphatic rings. The van der Waals surface area contributed by atoms with Crippen LogP contribution in [-0.2, 0) is 0 Å². The maximum Gasteiger partial charge on any atom is 0.356 e. The molecule has 46 valence electrons. The van der Waals surface area contributed by atoms with Crippen LogP contribution in [0.2, 0.25) is 0 Å². The Hall–Kier alpha value is -0.200. The van der Waals surface area contributed by atoms with Crippen LogP contribution in [0.25, 0.3) is 0 Å². The highest BCUT2D eigenvalue weighted by molar-refractivity contribution is 14.1. The summed E-state index contributed by atoms with van der Waals surface area (Å²) in [5.41, 5.74) is 4.63. The zero-order valence-corrected chi connectivity index (χ0v) is 6.33. The zero-order chi connectivity index (χ0) is 6.41. The number of hydrogen-bond acceptors (Lipinski definition) is 2. The van der Waals surface area contributed by atoms with E-state index in [-0.39, 0.29) is 0 Å². The van der Waals surface area contributed by atoms with Gasteiger partial charge in [-0.15, -0.1) is 0 Å². The number of nitrogens with zero attached hydrogens (tertiary/aromatic N) is 2. The lowest BCUT2D eigenvalue weighted by atomic mass is 10.8. The largest absolute Gasteiger partial charge is 0.356 e. The van der Waals surface area contributed by atoms with E-state index in [2.05, 4.69) is 38.6 Å². The minimum Gasteiger partial charge on any atom is -0.348 e. The number of amides is 2. The van der Waals surface area contributed by atoms with Gasteiger partial charge in [-0.25, -0.2) is 4.79 Å². The maximum absolute atomic E-state index is 9.83. The van der Waals surface area contributed by atoms with E-state index in [9.17, 15) is 4.79 Å².